The quantitative estimate of drug-likeness (QED) is 0.250. The zero-order valence-corrected chi connectivity index (χ0v) is 22.2. The molecule has 41 heavy (non-hydrogen) atoms. The predicted octanol–water partition coefficient (Wildman–Crippen LogP) is 5.43. The number of hydrogen-bond donors (Lipinski definition) is 0. The van der Waals surface area contributed by atoms with E-state index in [9.17, 15) is 18.0 Å². The van der Waals surface area contributed by atoms with E-state index in [4.69, 9.17) is 23.5 Å². The molecule has 0 fully saturated rings. The number of fused-ring (bicyclic) bond motifs is 1. The first-order valence-electron chi connectivity index (χ1n) is 12.6. The number of alkyl halides is 3. The first kappa shape index (κ1) is 27.8. The first-order chi connectivity index (χ1) is 19.7. The van der Waals surface area contributed by atoms with Crippen LogP contribution in [0.1, 0.15) is 27.4 Å². The Bertz CT molecular complexity index is 1520. The topological polar surface area (TPSA) is 96.2 Å². The smallest absolute Gasteiger partial charge is 0.416 e. The summed E-state index contributed by atoms with van der Waals surface area (Å²) in [5, 5.41) is 4.04. The lowest BCUT2D eigenvalue weighted by molar-refractivity contribution is -0.137. The number of halogens is 3. The van der Waals surface area contributed by atoms with Crippen molar-refractivity contribution in [1.82, 2.24) is 15.0 Å². The van der Waals surface area contributed by atoms with Crippen LogP contribution >= 0.6 is 0 Å². The van der Waals surface area contributed by atoms with Crippen LogP contribution in [0.15, 0.2) is 65.2 Å². The molecule has 4 aromatic rings. The van der Waals surface area contributed by atoms with Crippen molar-refractivity contribution >= 4 is 5.91 Å². The molecule has 1 aromatic heterocycles. The van der Waals surface area contributed by atoms with Crippen LogP contribution in [0, 0.1) is 0 Å². The van der Waals surface area contributed by atoms with Gasteiger partial charge in [-0.15, -0.1) is 0 Å². The molecule has 2 heterocycles. The zero-order valence-electron chi connectivity index (χ0n) is 22.2. The number of nitrogens with zero attached hydrogens (tertiary/aromatic N) is 3. The summed E-state index contributed by atoms with van der Waals surface area (Å²) in [4.78, 5) is 19.4. The number of carbonyl (C=O) groups excluding carboxylic acids is 1. The molecular formula is C29H26F3N3O6. The average Bonchev–Trinajstić information content (AvgIpc) is 3.66. The zero-order chi connectivity index (χ0) is 29.0. The van der Waals surface area contributed by atoms with Crippen LogP contribution in [-0.2, 0) is 19.0 Å². The van der Waals surface area contributed by atoms with Crippen molar-refractivity contribution in [3.05, 3.63) is 83.2 Å². The van der Waals surface area contributed by atoms with Crippen LogP contribution in [0.3, 0.4) is 0 Å². The summed E-state index contributed by atoms with van der Waals surface area (Å²) in [6.07, 6.45) is -3.81. The molecular weight excluding hydrogens is 543 g/mol. The normalized spacial score (nSPS) is 12.3. The summed E-state index contributed by atoms with van der Waals surface area (Å²) < 4.78 is 66.0. The van der Waals surface area contributed by atoms with Gasteiger partial charge >= 0.3 is 6.18 Å². The molecule has 0 spiro atoms. The molecule has 5 rings (SSSR count). The van der Waals surface area contributed by atoms with Gasteiger partial charge in [-0.2, -0.15) is 18.2 Å². The monoisotopic (exact) mass is 569 g/mol. The Kier molecular flexibility index (Phi) is 7.99. The summed E-state index contributed by atoms with van der Waals surface area (Å²) in [5.41, 5.74) is 0.871. The van der Waals surface area contributed by atoms with Gasteiger partial charge in [0.15, 0.2) is 23.0 Å². The summed E-state index contributed by atoms with van der Waals surface area (Å²) in [6, 6.07) is 14.9. The Labute approximate surface area is 233 Å². The van der Waals surface area contributed by atoms with Gasteiger partial charge in [0, 0.05) is 30.6 Å². The van der Waals surface area contributed by atoms with E-state index in [0.717, 1.165) is 17.7 Å². The van der Waals surface area contributed by atoms with E-state index in [-0.39, 0.29) is 31.9 Å². The molecule has 0 saturated heterocycles. The first-order valence-corrected chi connectivity index (χ1v) is 12.6. The molecule has 0 N–H and O–H groups in total. The Morgan fingerprint density at radius 2 is 1.63 bits per heavy atom. The van der Waals surface area contributed by atoms with Crippen LogP contribution < -0.4 is 18.9 Å². The average molecular weight is 570 g/mol. The summed E-state index contributed by atoms with van der Waals surface area (Å²) in [6.45, 7) is 0.608. The van der Waals surface area contributed by atoms with E-state index >= 15 is 0 Å². The maximum absolute atomic E-state index is 13.4. The SMILES string of the molecule is COc1ccc(CCN(CCc2nc(-c3ccc4c(c3)OCO4)no2)C(=O)c2ccc(C(F)(F)F)cc2)cc1OC. The van der Waals surface area contributed by atoms with Crippen molar-refractivity contribution in [2.45, 2.75) is 19.0 Å². The highest BCUT2D eigenvalue weighted by atomic mass is 19.4. The van der Waals surface area contributed by atoms with Gasteiger partial charge in [-0.25, -0.2) is 0 Å². The molecule has 0 unspecified atom stereocenters. The number of benzene rings is 3. The van der Waals surface area contributed by atoms with Gasteiger partial charge in [-0.1, -0.05) is 11.2 Å². The van der Waals surface area contributed by atoms with Crippen LogP contribution in [0.2, 0.25) is 0 Å². The van der Waals surface area contributed by atoms with E-state index in [1.54, 1.807) is 29.2 Å². The number of hydrogen-bond acceptors (Lipinski definition) is 8. The van der Waals surface area contributed by atoms with Crippen LogP contribution in [0.5, 0.6) is 23.0 Å². The number of aromatic nitrogens is 2. The number of methoxy groups -OCH3 is 2. The van der Waals surface area contributed by atoms with E-state index in [1.807, 2.05) is 12.1 Å². The highest BCUT2D eigenvalue weighted by Crippen LogP contribution is 2.35. The highest BCUT2D eigenvalue weighted by Gasteiger charge is 2.30. The lowest BCUT2D eigenvalue weighted by Crippen LogP contribution is -2.35. The van der Waals surface area contributed by atoms with Crippen molar-refractivity contribution in [2.24, 2.45) is 0 Å². The minimum absolute atomic E-state index is 0.136. The Morgan fingerprint density at radius 3 is 2.37 bits per heavy atom. The molecule has 0 radical (unpaired) electrons. The molecule has 9 nitrogen and oxygen atoms in total. The summed E-state index contributed by atoms with van der Waals surface area (Å²) in [5.74, 6) is 2.56. The van der Waals surface area contributed by atoms with Crippen molar-refractivity contribution in [2.75, 3.05) is 34.1 Å². The van der Waals surface area contributed by atoms with E-state index in [2.05, 4.69) is 10.1 Å². The maximum atomic E-state index is 13.4. The molecule has 1 aliphatic heterocycles. The lowest BCUT2D eigenvalue weighted by atomic mass is 10.1. The fourth-order valence-electron chi connectivity index (χ4n) is 4.34. The van der Waals surface area contributed by atoms with Gasteiger partial charge in [-0.05, 0) is 66.6 Å². The van der Waals surface area contributed by atoms with Crippen LogP contribution in [0.25, 0.3) is 11.4 Å². The molecule has 0 atom stereocenters. The van der Waals surface area contributed by atoms with E-state index in [1.165, 1.54) is 26.4 Å². The van der Waals surface area contributed by atoms with Crippen molar-refractivity contribution in [1.29, 1.82) is 0 Å². The molecule has 0 saturated carbocycles. The highest BCUT2D eigenvalue weighted by molar-refractivity contribution is 5.94. The molecule has 1 aliphatic rings. The minimum atomic E-state index is -4.50. The fraction of sp³-hybridized carbons (Fsp3) is 0.276. The van der Waals surface area contributed by atoms with Gasteiger partial charge in [0.1, 0.15) is 0 Å². The second-order valence-corrected chi connectivity index (χ2v) is 9.14. The fourth-order valence-corrected chi connectivity index (χ4v) is 4.34. The van der Waals surface area contributed by atoms with E-state index < -0.39 is 17.6 Å². The standard InChI is InChI=1S/C29H26F3N3O6/c1-37-22-9-3-18(15-24(22)38-2)11-13-35(28(36)19-4-7-21(8-5-19)29(30,31)32)14-12-26-33-27(34-41-26)20-6-10-23-25(16-20)40-17-39-23/h3-10,15-16H,11-14,17H2,1-2H3. The maximum Gasteiger partial charge on any atom is 0.416 e. The number of amides is 1. The largest absolute Gasteiger partial charge is 0.493 e. The second-order valence-electron chi connectivity index (χ2n) is 9.14. The molecule has 0 bridgehead atoms. The second kappa shape index (κ2) is 11.8. The summed E-state index contributed by atoms with van der Waals surface area (Å²) in [7, 11) is 3.07. The summed E-state index contributed by atoms with van der Waals surface area (Å²) >= 11 is 0. The van der Waals surface area contributed by atoms with Crippen molar-refractivity contribution in [3.8, 4) is 34.4 Å². The third-order valence-electron chi connectivity index (χ3n) is 6.56. The molecule has 3 aromatic carbocycles. The Hall–Kier alpha value is -4.74. The van der Waals surface area contributed by atoms with Crippen molar-refractivity contribution in [3.63, 3.8) is 0 Å². The van der Waals surface area contributed by atoms with Crippen LogP contribution in [0.4, 0.5) is 13.2 Å². The number of ether oxygens (including phenoxy) is 4. The molecule has 12 heteroatoms. The van der Waals surface area contributed by atoms with Gasteiger partial charge in [0.2, 0.25) is 18.5 Å². The third-order valence-corrected chi connectivity index (χ3v) is 6.56. The lowest BCUT2D eigenvalue weighted by Gasteiger charge is -2.23. The van der Waals surface area contributed by atoms with Gasteiger partial charge in [0.25, 0.3) is 5.91 Å². The third kappa shape index (κ3) is 6.37. The number of rotatable bonds is 10. The molecule has 1 amide bonds. The molecule has 0 aliphatic carbocycles. The van der Waals surface area contributed by atoms with Gasteiger partial charge < -0.3 is 28.4 Å². The van der Waals surface area contributed by atoms with E-state index in [0.29, 0.717) is 46.7 Å². The number of carbonyl (C=O) groups is 1. The minimum Gasteiger partial charge on any atom is -0.493 e. The van der Waals surface area contributed by atoms with Gasteiger partial charge in [0.05, 0.1) is 19.8 Å². The Morgan fingerprint density at radius 1 is 0.902 bits per heavy atom. The van der Waals surface area contributed by atoms with Crippen LogP contribution in [-0.4, -0.2) is 55.0 Å². The Balaban J connectivity index is 1.32. The molecule has 214 valence electrons. The van der Waals surface area contributed by atoms with Crippen molar-refractivity contribution < 1.29 is 41.4 Å². The predicted molar refractivity (Wildman–Crippen MR) is 140 cm³/mol. The van der Waals surface area contributed by atoms with Gasteiger partial charge in [-0.3, -0.25) is 4.79 Å².